The van der Waals surface area contributed by atoms with Crippen LogP contribution in [0.2, 0.25) is 0 Å². The summed E-state index contributed by atoms with van der Waals surface area (Å²) < 4.78 is 7.29. The van der Waals surface area contributed by atoms with Crippen molar-refractivity contribution in [2.24, 2.45) is 0 Å². The number of amides is 1. The molecule has 0 radical (unpaired) electrons. The van der Waals surface area contributed by atoms with Crippen LogP contribution in [0.25, 0.3) is 0 Å². The summed E-state index contributed by atoms with van der Waals surface area (Å²) in [7, 11) is 0. The first kappa shape index (κ1) is 13.9. The molecule has 1 aromatic rings. The van der Waals surface area contributed by atoms with Crippen molar-refractivity contribution in [3.63, 3.8) is 0 Å². The molecule has 1 heterocycles. The third-order valence-electron chi connectivity index (χ3n) is 3.32. The molecule has 1 amide bonds. The molecule has 19 heavy (non-hydrogen) atoms. The van der Waals surface area contributed by atoms with Gasteiger partial charge in [-0.2, -0.15) is 5.10 Å². The quantitative estimate of drug-likeness (QED) is 0.894. The molecule has 1 aliphatic carbocycles. The van der Waals surface area contributed by atoms with Gasteiger partial charge in [-0.25, -0.2) is 4.79 Å². The lowest BCUT2D eigenvalue weighted by Crippen LogP contribution is -2.41. The van der Waals surface area contributed by atoms with Crippen LogP contribution in [0.5, 0.6) is 0 Å². The number of hydrogen-bond acceptors (Lipinski definition) is 3. The number of ether oxygens (including phenoxy) is 1. The van der Waals surface area contributed by atoms with E-state index in [1.165, 1.54) is 0 Å². The smallest absolute Gasteiger partial charge is 0.407 e. The standard InChI is InChI=1S/C14H23N3O2/c1-14(2,3)19-13(18)16-11-5-7-12(8-6-11)17-10-4-9-15-17/h4,9-12H,5-8H2,1-3H3,(H,16,18). The van der Waals surface area contributed by atoms with Crippen molar-refractivity contribution in [2.75, 3.05) is 0 Å². The van der Waals surface area contributed by atoms with Gasteiger partial charge in [0.25, 0.3) is 0 Å². The number of carbonyl (C=O) groups excluding carboxylic acids is 1. The molecule has 0 unspecified atom stereocenters. The highest BCUT2D eigenvalue weighted by Gasteiger charge is 2.25. The van der Waals surface area contributed by atoms with Crippen LogP contribution >= 0.6 is 0 Å². The monoisotopic (exact) mass is 265 g/mol. The average Bonchev–Trinajstić information content (AvgIpc) is 2.80. The van der Waals surface area contributed by atoms with Gasteiger partial charge in [0.15, 0.2) is 0 Å². The molecular formula is C14H23N3O2. The lowest BCUT2D eigenvalue weighted by atomic mass is 9.91. The van der Waals surface area contributed by atoms with E-state index in [4.69, 9.17) is 4.74 Å². The molecule has 1 aromatic heterocycles. The minimum absolute atomic E-state index is 0.224. The van der Waals surface area contributed by atoms with Crippen LogP contribution in [0.15, 0.2) is 18.5 Å². The molecule has 5 nitrogen and oxygen atoms in total. The maximum absolute atomic E-state index is 11.7. The van der Waals surface area contributed by atoms with Gasteiger partial charge >= 0.3 is 6.09 Å². The van der Waals surface area contributed by atoms with Gasteiger partial charge in [0.2, 0.25) is 0 Å². The third-order valence-corrected chi connectivity index (χ3v) is 3.32. The first-order valence-electron chi connectivity index (χ1n) is 6.93. The van der Waals surface area contributed by atoms with Crippen molar-refractivity contribution >= 4 is 6.09 Å². The van der Waals surface area contributed by atoms with Gasteiger partial charge in [-0.1, -0.05) is 0 Å². The zero-order chi connectivity index (χ0) is 13.9. The van der Waals surface area contributed by atoms with Gasteiger partial charge in [-0.15, -0.1) is 0 Å². The van der Waals surface area contributed by atoms with Crippen LogP contribution in [-0.4, -0.2) is 27.5 Å². The van der Waals surface area contributed by atoms with Crippen LogP contribution in [0.1, 0.15) is 52.5 Å². The van der Waals surface area contributed by atoms with Crippen LogP contribution in [0.3, 0.4) is 0 Å². The Morgan fingerprint density at radius 1 is 1.32 bits per heavy atom. The minimum atomic E-state index is -0.434. The van der Waals surface area contributed by atoms with E-state index in [2.05, 4.69) is 10.4 Å². The number of aromatic nitrogens is 2. The normalized spacial score (nSPS) is 23.9. The number of carbonyl (C=O) groups is 1. The van der Waals surface area contributed by atoms with E-state index in [0.717, 1.165) is 25.7 Å². The Bertz CT molecular complexity index is 401. The van der Waals surface area contributed by atoms with Crippen molar-refractivity contribution < 1.29 is 9.53 Å². The highest BCUT2D eigenvalue weighted by Crippen LogP contribution is 2.27. The van der Waals surface area contributed by atoms with Crippen molar-refractivity contribution in [1.82, 2.24) is 15.1 Å². The predicted molar refractivity (Wildman–Crippen MR) is 72.9 cm³/mol. The molecule has 0 aromatic carbocycles. The zero-order valence-electron chi connectivity index (χ0n) is 11.9. The van der Waals surface area contributed by atoms with Crippen LogP contribution in [0.4, 0.5) is 4.79 Å². The molecule has 0 saturated heterocycles. The van der Waals surface area contributed by atoms with Gasteiger partial charge in [0, 0.05) is 18.4 Å². The number of nitrogens with zero attached hydrogens (tertiary/aromatic N) is 2. The summed E-state index contributed by atoms with van der Waals surface area (Å²) in [6.45, 7) is 5.63. The second kappa shape index (κ2) is 5.63. The van der Waals surface area contributed by atoms with Gasteiger partial charge < -0.3 is 10.1 Å². The summed E-state index contributed by atoms with van der Waals surface area (Å²) in [6.07, 6.45) is 7.55. The molecule has 0 bridgehead atoms. The van der Waals surface area contributed by atoms with Crippen molar-refractivity contribution in [3.05, 3.63) is 18.5 Å². The Labute approximate surface area is 114 Å². The molecule has 1 N–H and O–H groups in total. The van der Waals surface area contributed by atoms with Crippen LogP contribution in [0, 0.1) is 0 Å². The largest absolute Gasteiger partial charge is 0.444 e. The average molecular weight is 265 g/mol. The van der Waals surface area contributed by atoms with Crippen molar-refractivity contribution in [2.45, 2.75) is 64.1 Å². The zero-order valence-corrected chi connectivity index (χ0v) is 11.9. The maximum Gasteiger partial charge on any atom is 0.407 e. The van der Waals surface area contributed by atoms with Crippen LogP contribution in [-0.2, 0) is 4.74 Å². The second-order valence-corrected chi connectivity index (χ2v) is 6.14. The number of rotatable bonds is 2. The van der Waals surface area contributed by atoms with Gasteiger partial charge in [0.05, 0.1) is 6.04 Å². The molecule has 1 saturated carbocycles. The minimum Gasteiger partial charge on any atom is -0.444 e. The Hall–Kier alpha value is -1.52. The molecule has 1 fully saturated rings. The fraction of sp³-hybridized carbons (Fsp3) is 0.714. The fourth-order valence-corrected chi connectivity index (χ4v) is 2.46. The summed E-state index contributed by atoms with van der Waals surface area (Å²) in [6, 6.07) is 2.64. The summed E-state index contributed by atoms with van der Waals surface area (Å²) in [5.41, 5.74) is -0.434. The molecule has 0 atom stereocenters. The van der Waals surface area contributed by atoms with Gasteiger partial charge in [-0.3, -0.25) is 4.68 Å². The second-order valence-electron chi connectivity index (χ2n) is 6.14. The highest BCUT2D eigenvalue weighted by atomic mass is 16.6. The molecule has 1 aliphatic rings. The summed E-state index contributed by atoms with van der Waals surface area (Å²) in [4.78, 5) is 11.7. The van der Waals surface area contributed by atoms with E-state index < -0.39 is 5.60 Å². The Balaban J connectivity index is 1.76. The van der Waals surface area contributed by atoms with Crippen LogP contribution < -0.4 is 5.32 Å². The molecule has 2 rings (SSSR count). The van der Waals surface area contributed by atoms with E-state index in [-0.39, 0.29) is 12.1 Å². The predicted octanol–water partition coefficient (Wildman–Crippen LogP) is 2.89. The topological polar surface area (TPSA) is 56.1 Å². The van der Waals surface area contributed by atoms with E-state index in [1.807, 2.05) is 43.9 Å². The molecule has 106 valence electrons. The lowest BCUT2D eigenvalue weighted by Gasteiger charge is -2.30. The highest BCUT2D eigenvalue weighted by molar-refractivity contribution is 5.68. The van der Waals surface area contributed by atoms with E-state index in [1.54, 1.807) is 0 Å². The Morgan fingerprint density at radius 3 is 2.53 bits per heavy atom. The third kappa shape index (κ3) is 4.26. The van der Waals surface area contributed by atoms with E-state index in [0.29, 0.717) is 6.04 Å². The van der Waals surface area contributed by atoms with Gasteiger partial charge in [-0.05, 0) is 52.5 Å². The fourth-order valence-electron chi connectivity index (χ4n) is 2.46. The van der Waals surface area contributed by atoms with E-state index in [9.17, 15) is 4.79 Å². The van der Waals surface area contributed by atoms with Gasteiger partial charge in [0.1, 0.15) is 5.60 Å². The molecular weight excluding hydrogens is 242 g/mol. The summed E-state index contributed by atoms with van der Waals surface area (Å²) in [5.74, 6) is 0. The number of hydrogen-bond donors (Lipinski definition) is 1. The SMILES string of the molecule is CC(C)(C)OC(=O)NC1CCC(n2cccn2)CC1. The molecule has 0 spiro atoms. The first-order valence-corrected chi connectivity index (χ1v) is 6.93. The maximum atomic E-state index is 11.7. The van der Waals surface area contributed by atoms with Crippen molar-refractivity contribution in [3.8, 4) is 0 Å². The molecule has 5 heteroatoms. The first-order chi connectivity index (χ1) is 8.94. The Kier molecular flexibility index (Phi) is 4.12. The van der Waals surface area contributed by atoms with Crippen molar-refractivity contribution in [1.29, 1.82) is 0 Å². The number of alkyl carbamates (subject to hydrolysis) is 1. The van der Waals surface area contributed by atoms with E-state index >= 15 is 0 Å². The Morgan fingerprint density at radius 2 is 2.00 bits per heavy atom. The summed E-state index contributed by atoms with van der Waals surface area (Å²) >= 11 is 0. The molecule has 0 aliphatic heterocycles. The number of nitrogens with one attached hydrogen (secondary N) is 1. The lowest BCUT2D eigenvalue weighted by molar-refractivity contribution is 0.0487. The summed E-state index contributed by atoms with van der Waals surface area (Å²) in [5, 5.41) is 7.23.